The fourth-order valence-electron chi connectivity index (χ4n) is 3.03. The highest BCUT2D eigenvalue weighted by Gasteiger charge is 2.08. The van der Waals surface area contributed by atoms with Gasteiger partial charge in [0.25, 0.3) is 0 Å². The molecule has 0 rings (SSSR count). The molecule has 0 amide bonds. The van der Waals surface area contributed by atoms with Crippen LogP contribution in [0.4, 0.5) is 0 Å². The van der Waals surface area contributed by atoms with Crippen LogP contribution in [0.2, 0.25) is 0 Å². The van der Waals surface area contributed by atoms with Crippen LogP contribution in [0.5, 0.6) is 0 Å². The maximum Gasteiger partial charge on any atom is -0.00205 e. The van der Waals surface area contributed by atoms with Gasteiger partial charge in [-0.1, -0.05) is 91.4 Å². The van der Waals surface area contributed by atoms with Crippen molar-refractivity contribution in [3.8, 4) is 0 Å². The van der Waals surface area contributed by atoms with E-state index in [1.165, 1.54) is 103 Å². The quantitative estimate of drug-likeness (QED) is 0.294. The van der Waals surface area contributed by atoms with Gasteiger partial charge in [-0.3, -0.25) is 0 Å². The van der Waals surface area contributed by atoms with E-state index in [4.69, 9.17) is 0 Å². The van der Waals surface area contributed by atoms with Gasteiger partial charge in [0.1, 0.15) is 0 Å². The summed E-state index contributed by atoms with van der Waals surface area (Å²) in [7, 11) is 0. The summed E-state index contributed by atoms with van der Waals surface area (Å²) in [4.78, 5) is 0. The normalized spacial score (nSPS) is 12.7. The summed E-state index contributed by atoms with van der Waals surface area (Å²) in [6, 6.07) is 0. The van der Waals surface area contributed by atoms with E-state index in [0.29, 0.717) is 0 Å². The number of hydrogen-bond acceptors (Lipinski definition) is 1. The summed E-state index contributed by atoms with van der Waals surface area (Å²) in [5.74, 6) is 0.935. The van der Waals surface area contributed by atoms with Crippen molar-refractivity contribution in [1.82, 2.24) is 5.32 Å². The first-order valence-electron chi connectivity index (χ1n) is 10.1. The molecular weight excluding hydrogens is 254 g/mol. The second kappa shape index (κ2) is 18.0. The average molecular weight is 298 g/mol. The molecule has 0 heterocycles. The Labute approximate surface area is 135 Å². The van der Waals surface area contributed by atoms with Crippen LogP contribution in [0.1, 0.15) is 111 Å². The van der Waals surface area contributed by atoms with Crippen LogP contribution in [0.25, 0.3) is 0 Å². The largest absolute Gasteiger partial charge is 0.316 e. The average Bonchev–Trinajstić information content (AvgIpc) is 2.50. The van der Waals surface area contributed by atoms with E-state index >= 15 is 0 Å². The number of nitrogens with one attached hydrogen (secondary N) is 1. The van der Waals surface area contributed by atoms with Crippen molar-refractivity contribution in [2.45, 2.75) is 111 Å². The summed E-state index contributed by atoms with van der Waals surface area (Å²) in [5, 5.41) is 3.69. The smallest absolute Gasteiger partial charge is 0.00205 e. The highest BCUT2D eigenvalue weighted by Crippen LogP contribution is 2.18. The summed E-state index contributed by atoms with van der Waals surface area (Å²) in [6.45, 7) is 9.37. The third-order valence-corrected chi connectivity index (χ3v) is 4.57. The van der Waals surface area contributed by atoms with Crippen molar-refractivity contribution in [2.24, 2.45) is 5.92 Å². The zero-order chi connectivity index (χ0) is 15.6. The lowest BCUT2D eigenvalue weighted by molar-refractivity contribution is 0.382. The van der Waals surface area contributed by atoms with Crippen LogP contribution >= 0.6 is 0 Å². The molecule has 1 N–H and O–H groups in total. The van der Waals surface area contributed by atoms with E-state index in [1.807, 2.05) is 0 Å². The monoisotopic (exact) mass is 297 g/mol. The predicted octanol–water partition coefficient (Wildman–Crippen LogP) is 6.71. The number of rotatable bonds is 17. The van der Waals surface area contributed by atoms with E-state index in [2.05, 4.69) is 26.1 Å². The molecule has 1 nitrogen and oxygen atoms in total. The zero-order valence-corrected chi connectivity index (χ0v) is 15.4. The van der Waals surface area contributed by atoms with E-state index in [0.717, 1.165) is 5.92 Å². The van der Waals surface area contributed by atoms with Gasteiger partial charge in [-0.2, -0.15) is 0 Å². The molecule has 0 aliphatic carbocycles. The first-order valence-corrected chi connectivity index (χ1v) is 10.1. The molecule has 0 aromatic carbocycles. The second-order valence-electron chi connectivity index (χ2n) is 6.83. The lowest BCUT2D eigenvalue weighted by Crippen LogP contribution is -2.24. The summed E-state index contributed by atoms with van der Waals surface area (Å²) in [5.41, 5.74) is 0. The van der Waals surface area contributed by atoms with Crippen molar-refractivity contribution >= 4 is 0 Å². The number of hydrogen-bond donors (Lipinski definition) is 1. The van der Waals surface area contributed by atoms with Crippen LogP contribution < -0.4 is 5.32 Å². The first kappa shape index (κ1) is 21.0. The molecule has 0 aliphatic heterocycles. The molecule has 0 saturated carbocycles. The Morgan fingerprint density at radius 3 is 1.62 bits per heavy atom. The highest BCUT2D eigenvalue weighted by molar-refractivity contribution is 4.64. The van der Waals surface area contributed by atoms with E-state index in [1.54, 1.807) is 0 Å². The highest BCUT2D eigenvalue weighted by atomic mass is 14.8. The minimum absolute atomic E-state index is 0.935. The van der Waals surface area contributed by atoms with Crippen LogP contribution in [0.15, 0.2) is 0 Å². The first-order chi connectivity index (χ1) is 10.3. The Morgan fingerprint density at radius 1 is 0.571 bits per heavy atom. The molecule has 0 aromatic heterocycles. The number of unbranched alkanes of at least 4 members (excludes halogenated alkanes) is 9. The lowest BCUT2D eigenvalue weighted by atomic mass is 9.94. The third kappa shape index (κ3) is 16.2. The maximum absolute atomic E-state index is 3.69. The molecule has 0 bridgehead atoms. The minimum Gasteiger partial charge on any atom is -0.316 e. The summed E-state index contributed by atoms with van der Waals surface area (Å²) >= 11 is 0. The lowest BCUT2D eigenvalue weighted by Gasteiger charge is -2.17. The Balaban J connectivity index is 3.67. The summed E-state index contributed by atoms with van der Waals surface area (Å²) in [6.07, 6.45) is 19.8. The molecule has 1 atom stereocenters. The molecular formula is C20H43N. The van der Waals surface area contributed by atoms with E-state index in [-0.39, 0.29) is 0 Å². The second-order valence-corrected chi connectivity index (χ2v) is 6.83. The van der Waals surface area contributed by atoms with Crippen LogP contribution in [0.3, 0.4) is 0 Å². The Morgan fingerprint density at radius 2 is 1.05 bits per heavy atom. The van der Waals surface area contributed by atoms with Gasteiger partial charge in [-0.25, -0.2) is 0 Å². The molecule has 0 spiro atoms. The predicted molar refractivity (Wildman–Crippen MR) is 98.0 cm³/mol. The van der Waals surface area contributed by atoms with Gasteiger partial charge in [0.2, 0.25) is 0 Å². The van der Waals surface area contributed by atoms with Gasteiger partial charge in [-0.05, 0) is 38.3 Å². The maximum atomic E-state index is 3.69. The Bertz CT molecular complexity index is 167. The Hall–Kier alpha value is -0.0400. The molecule has 21 heavy (non-hydrogen) atoms. The van der Waals surface area contributed by atoms with Gasteiger partial charge in [0.15, 0.2) is 0 Å². The molecule has 0 aromatic rings. The van der Waals surface area contributed by atoms with E-state index < -0.39 is 0 Å². The fourth-order valence-corrected chi connectivity index (χ4v) is 3.03. The molecule has 1 heteroatoms. The van der Waals surface area contributed by atoms with Crippen molar-refractivity contribution in [3.63, 3.8) is 0 Å². The molecule has 0 fully saturated rings. The van der Waals surface area contributed by atoms with E-state index in [9.17, 15) is 0 Å². The van der Waals surface area contributed by atoms with Crippen molar-refractivity contribution in [2.75, 3.05) is 13.1 Å². The molecule has 0 aliphatic rings. The van der Waals surface area contributed by atoms with Gasteiger partial charge >= 0.3 is 0 Å². The summed E-state index contributed by atoms with van der Waals surface area (Å²) < 4.78 is 0. The fraction of sp³-hybridized carbons (Fsp3) is 1.00. The van der Waals surface area contributed by atoms with Gasteiger partial charge in [-0.15, -0.1) is 0 Å². The van der Waals surface area contributed by atoms with Gasteiger partial charge < -0.3 is 5.32 Å². The SMILES string of the molecule is CCCCCCCCC(CCCCCC)CNCCCC. The molecule has 0 saturated heterocycles. The van der Waals surface area contributed by atoms with Crippen LogP contribution in [0, 0.1) is 5.92 Å². The van der Waals surface area contributed by atoms with Crippen molar-refractivity contribution in [1.29, 1.82) is 0 Å². The standard InChI is InChI=1S/C20H43N/c1-4-7-10-12-13-15-17-20(16-14-11-8-5-2)19-21-18-9-6-3/h20-21H,4-19H2,1-3H3. The van der Waals surface area contributed by atoms with Crippen LogP contribution in [-0.4, -0.2) is 13.1 Å². The molecule has 0 radical (unpaired) electrons. The van der Waals surface area contributed by atoms with Gasteiger partial charge in [0.05, 0.1) is 0 Å². The van der Waals surface area contributed by atoms with Crippen molar-refractivity contribution in [3.05, 3.63) is 0 Å². The third-order valence-electron chi connectivity index (χ3n) is 4.57. The zero-order valence-electron chi connectivity index (χ0n) is 15.4. The Kier molecular flexibility index (Phi) is 18.0. The van der Waals surface area contributed by atoms with Gasteiger partial charge in [0, 0.05) is 0 Å². The topological polar surface area (TPSA) is 12.0 Å². The minimum atomic E-state index is 0.935. The van der Waals surface area contributed by atoms with Crippen LogP contribution in [-0.2, 0) is 0 Å². The molecule has 1 unspecified atom stereocenters. The van der Waals surface area contributed by atoms with Crippen molar-refractivity contribution < 1.29 is 0 Å². The molecule has 128 valence electrons.